The van der Waals surface area contributed by atoms with Crippen molar-refractivity contribution in [3.05, 3.63) is 29.6 Å². The molecule has 0 bridgehead atoms. The molecule has 0 spiro atoms. The van der Waals surface area contributed by atoms with Crippen LogP contribution in [0.5, 0.6) is 5.75 Å². The summed E-state index contributed by atoms with van der Waals surface area (Å²) in [7, 11) is 0. The van der Waals surface area contributed by atoms with E-state index >= 15 is 0 Å². The fourth-order valence-electron chi connectivity index (χ4n) is 1.47. The molecule has 1 aromatic rings. The topological polar surface area (TPSA) is 61.5 Å². The zero-order valence-electron chi connectivity index (χ0n) is 11.2. The van der Waals surface area contributed by atoms with Crippen molar-refractivity contribution in [2.75, 3.05) is 6.61 Å². The van der Waals surface area contributed by atoms with E-state index in [1.165, 1.54) is 6.92 Å². The zero-order chi connectivity index (χ0) is 16.2. The molecule has 0 amide bonds. The van der Waals surface area contributed by atoms with Crippen molar-refractivity contribution in [2.24, 2.45) is 5.73 Å². The van der Waals surface area contributed by atoms with Crippen LogP contribution in [0.2, 0.25) is 0 Å². The lowest BCUT2D eigenvalue weighted by Crippen LogP contribution is -2.31. The van der Waals surface area contributed by atoms with Crippen molar-refractivity contribution in [2.45, 2.75) is 25.5 Å². The van der Waals surface area contributed by atoms with Crippen molar-refractivity contribution in [3.63, 3.8) is 0 Å². The van der Waals surface area contributed by atoms with E-state index in [1.54, 1.807) is 0 Å². The molecule has 0 aliphatic heterocycles. The number of esters is 1. The second kappa shape index (κ2) is 8.14. The molecule has 0 heterocycles. The number of carbonyl (C=O) groups excluding carboxylic acids is 1. The molecular weight excluding hydrogens is 337 g/mol. The number of ether oxygens (including phenoxy) is 2. The van der Waals surface area contributed by atoms with Crippen LogP contribution in [0.4, 0.5) is 22.0 Å². The van der Waals surface area contributed by atoms with Gasteiger partial charge in [-0.15, -0.1) is 25.6 Å². The Balaban J connectivity index is 0.00000441. The third-order valence-corrected chi connectivity index (χ3v) is 2.39. The second-order valence-electron chi connectivity index (χ2n) is 3.92. The number of rotatable bonds is 5. The normalized spacial score (nSPS) is 13.8. The first kappa shape index (κ1) is 20.4. The maximum atomic E-state index is 13.6. The average Bonchev–Trinajstić information content (AvgIpc) is 2.38. The molecule has 1 aromatic carbocycles. The van der Waals surface area contributed by atoms with Gasteiger partial charge in [0.1, 0.15) is 0 Å². The number of alkyl halides is 4. The summed E-state index contributed by atoms with van der Waals surface area (Å²) in [6.07, 6.45) is -7.32. The molecule has 126 valence electrons. The molecule has 0 radical (unpaired) electrons. The van der Waals surface area contributed by atoms with Crippen molar-refractivity contribution >= 4 is 18.4 Å². The van der Waals surface area contributed by atoms with E-state index in [1.807, 2.05) is 0 Å². The lowest BCUT2D eigenvalue weighted by Gasteiger charge is -2.17. The summed E-state index contributed by atoms with van der Waals surface area (Å²) >= 11 is 0. The lowest BCUT2D eigenvalue weighted by atomic mass is 10.0. The molecule has 0 fully saturated rings. The van der Waals surface area contributed by atoms with E-state index in [-0.39, 0.29) is 24.6 Å². The number of benzene rings is 1. The minimum atomic E-state index is -5.06. The highest BCUT2D eigenvalue weighted by atomic mass is 35.5. The molecule has 1 rings (SSSR count). The molecule has 0 saturated heterocycles. The van der Waals surface area contributed by atoms with Crippen molar-refractivity contribution in [1.29, 1.82) is 0 Å². The highest BCUT2D eigenvalue weighted by Crippen LogP contribution is 2.28. The smallest absolute Gasteiger partial charge is 0.464 e. The molecule has 2 atom stereocenters. The zero-order valence-corrected chi connectivity index (χ0v) is 12.0. The summed E-state index contributed by atoms with van der Waals surface area (Å²) in [5.74, 6) is -3.69. The number of hydrogen-bond acceptors (Lipinski definition) is 4. The van der Waals surface area contributed by atoms with E-state index in [9.17, 15) is 26.7 Å². The van der Waals surface area contributed by atoms with Crippen LogP contribution in [0, 0.1) is 5.82 Å². The predicted molar refractivity (Wildman–Crippen MR) is 68.8 cm³/mol. The Morgan fingerprint density at radius 2 is 1.95 bits per heavy atom. The minimum absolute atomic E-state index is 0. The van der Waals surface area contributed by atoms with E-state index in [4.69, 9.17) is 5.73 Å². The number of hydrogen-bond donors (Lipinski definition) is 1. The van der Waals surface area contributed by atoms with Gasteiger partial charge < -0.3 is 15.2 Å². The van der Waals surface area contributed by atoms with Gasteiger partial charge in [-0.1, -0.05) is 6.07 Å². The van der Waals surface area contributed by atoms with Crippen LogP contribution < -0.4 is 10.5 Å². The summed E-state index contributed by atoms with van der Waals surface area (Å²) in [6.45, 7) is 1.39. The fraction of sp³-hybridized carbons (Fsp3) is 0.417. The minimum Gasteiger partial charge on any atom is -0.464 e. The Hall–Kier alpha value is -1.61. The van der Waals surface area contributed by atoms with Crippen LogP contribution in [-0.2, 0) is 9.53 Å². The molecule has 1 unspecified atom stereocenters. The monoisotopic (exact) mass is 349 g/mol. The van der Waals surface area contributed by atoms with Gasteiger partial charge >= 0.3 is 12.3 Å². The SMILES string of the molecule is CCOC(=O)C(F)[C@H](N)c1ccc(OC(F)(F)F)c(F)c1.Cl. The summed E-state index contributed by atoms with van der Waals surface area (Å²) in [5.41, 5.74) is 5.20. The van der Waals surface area contributed by atoms with Gasteiger partial charge in [0, 0.05) is 0 Å². The van der Waals surface area contributed by atoms with Crippen LogP contribution >= 0.6 is 12.4 Å². The first-order chi connectivity index (χ1) is 9.65. The van der Waals surface area contributed by atoms with Gasteiger partial charge in [-0.25, -0.2) is 13.6 Å². The van der Waals surface area contributed by atoms with Crippen LogP contribution in [0.1, 0.15) is 18.5 Å². The second-order valence-corrected chi connectivity index (χ2v) is 3.92. The molecule has 10 heteroatoms. The number of nitrogens with two attached hydrogens (primary N) is 1. The Kier molecular flexibility index (Phi) is 7.54. The van der Waals surface area contributed by atoms with Gasteiger partial charge in [-0.3, -0.25) is 0 Å². The quantitative estimate of drug-likeness (QED) is 0.655. The molecule has 0 aliphatic carbocycles. The van der Waals surface area contributed by atoms with Gasteiger partial charge in [0.25, 0.3) is 0 Å². The first-order valence-corrected chi connectivity index (χ1v) is 5.77. The summed E-state index contributed by atoms with van der Waals surface area (Å²) < 4.78 is 70.8. The average molecular weight is 350 g/mol. The van der Waals surface area contributed by atoms with Gasteiger partial charge in [0.2, 0.25) is 6.17 Å². The van der Waals surface area contributed by atoms with Gasteiger partial charge in [0.15, 0.2) is 11.6 Å². The number of carbonyl (C=O) groups is 1. The van der Waals surface area contributed by atoms with E-state index in [0.29, 0.717) is 12.1 Å². The largest absolute Gasteiger partial charge is 0.573 e. The lowest BCUT2D eigenvalue weighted by molar-refractivity contribution is -0.275. The molecule has 0 aromatic heterocycles. The predicted octanol–water partition coefficient (Wildman–Crippen LogP) is 3.05. The Bertz CT molecular complexity index is 512. The van der Waals surface area contributed by atoms with Crippen molar-refractivity contribution < 1.29 is 36.2 Å². The van der Waals surface area contributed by atoms with E-state index < -0.39 is 36.1 Å². The van der Waals surface area contributed by atoms with Crippen LogP contribution in [0.15, 0.2) is 18.2 Å². The van der Waals surface area contributed by atoms with Crippen LogP contribution in [0.25, 0.3) is 0 Å². The Labute approximate surface area is 128 Å². The van der Waals surface area contributed by atoms with Crippen LogP contribution in [0.3, 0.4) is 0 Å². The van der Waals surface area contributed by atoms with E-state index in [2.05, 4.69) is 9.47 Å². The van der Waals surface area contributed by atoms with Crippen molar-refractivity contribution in [1.82, 2.24) is 0 Å². The molecule has 22 heavy (non-hydrogen) atoms. The fourth-order valence-corrected chi connectivity index (χ4v) is 1.47. The Morgan fingerprint density at radius 3 is 2.41 bits per heavy atom. The molecule has 2 N–H and O–H groups in total. The third-order valence-electron chi connectivity index (χ3n) is 2.39. The first-order valence-electron chi connectivity index (χ1n) is 5.77. The third kappa shape index (κ3) is 5.64. The highest BCUT2D eigenvalue weighted by Gasteiger charge is 2.33. The van der Waals surface area contributed by atoms with Crippen LogP contribution in [-0.4, -0.2) is 25.1 Å². The van der Waals surface area contributed by atoms with E-state index in [0.717, 1.165) is 6.07 Å². The Morgan fingerprint density at radius 1 is 1.36 bits per heavy atom. The highest BCUT2D eigenvalue weighted by molar-refractivity contribution is 5.85. The van der Waals surface area contributed by atoms with Gasteiger partial charge in [-0.2, -0.15) is 0 Å². The molecule has 4 nitrogen and oxygen atoms in total. The standard InChI is InChI=1S/C12H12F5NO3.ClH/c1-2-20-11(19)9(14)10(18)6-3-4-8(7(13)5-6)21-12(15,16)17;/h3-5,9-10H,2,18H2,1H3;1H/t9?,10-;/m1./s1. The number of halogens is 6. The molecule has 0 aliphatic rings. The maximum Gasteiger partial charge on any atom is 0.573 e. The molecule has 0 saturated carbocycles. The van der Waals surface area contributed by atoms with Gasteiger partial charge in [0.05, 0.1) is 12.6 Å². The summed E-state index contributed by atoms with van der Waals surface area (Å²) in [6, 6.07) is 0.576. The summed E-state index contributed by atoms with van der Waals surface area (Å²) in [5, 5.41) is 0. The maximum absolute atomic E-state index is 13.6. The molecular formula is C12H13ClF5NO3. The summed E-state index contributed by atoms with van der Waals surface area (Å²) in [4.78, 5) is 11.2. The van der Waals surface area contributed by atoms with Gasteiger partial charge in [-0.05, 0) is 24.6 Å². The van der Waals surface area contributed by atoms with Crippen molar-refractivity contribution in [3.8, 4) is 5.75 Å².